The summed E-state index contributed by atoms with van der Waals surface area (Å²) in [6.07, 6.45) is 1.56. The van der Waals surface area contributed by atoms with Gasteiger partial charge in [0.2, 0.25) is 0 Å². The molecule has 3 nitrogen and oxygen atoms in total. The topological polar surface area (TPSA) is 47.0 Å². The highest BCUT2D eigenvalue weighted by Crippen LogP contribution is 2.14. The number of Topliss-reactive ketones (excluding diaryl/α,β-unsaturated/α-hetero) is 1. The predicted octanol–water partition coefficient (Wildman–Crippen LogP) is 2.04. The molecule has 74 valence electrons. The molecule has 0 atom stereocenters. The third-order valence-electron chi connectivity index (χ3n) is 1.61. The van der Waals surface area contributed by atoms with Gasteiger partial charge in [-0.25, -0.2) is 9.37 Å². The monoisotopic (exact) mass is 215 g/mol. The molecule has 0 spiro atoms. The normalized spacial score (nSPS) is 9.86. The van der Waals surface area contributed by atoms with Crippen LogP contribution in [0.1, 0.15) is 23.2 Å². The van der Waals surface area contributed by atoms with E-state index < -0.39 is 11.6 Å². The van der Waals surface area contributed by atoms with Crippen molar-refractivity contribution >= 4 is 23.7 Å². The van der Waals surface area contributed by atoms with Gasteiger partial charge in [0.25, 0.3) is 0 Å². The maximum Gasteiger partial charge on any atom is 0.166 e. The van der Waals surface area contributed by atoms with Crippen molar-refractivity contribution in [2.75, 3.05) is 0 Å². The number of carbonyl (C=O) groups is 2. The summed E-state index contributed by atoms with van der Waals surface area (Å²) in [6.45, 7) is 0. The molecule has 0 fully saturated rings. The molecule has 0 aliphatic rings. The van der Waals surface area contributed by atoms with Gasteiger partial charge in [-0.1, -0.05) is 11.6 Å². The first-order valence-electron chi connectivity index (χ1n) is 3.93. The molecule has 1 aromatic heterocycles. The molecule has 0 unspecified atom stereocenters. The summed E-state index contributed by atoms with van der Waals surface area (Å²) in [5.74, 6) is -1.16. The molecule has 0 aliphatic heterocycles. The van der Waals surface area contributed by atoms with Crippen LogP contribution in [0.15, 0.2) is 12.3 Å². The summed E-state index contributed by atoms with van der Waals surface area (Å²) in [7, 11) is 0. The van der Waals surface area contributed by atoms with Crippen molar-refractivity contribution in [3.63, 3.8) is 0 Å². The van der Waals surface area contributed by atoms with Gasteiger partial charge in [0, 0.05) is 12.8 Å². The fourth-order valence-corrected chi connectivity index (χ4v) is 1.11. The number of pyridine rings is 1. The first-order valence-corrected chi connectivity index (χ1v) is 4.31. The second-order valence-electron chi connectivity index (χ2n) is 2.62. The first kappa shape index (κ1) is 10.8. The van der Waals surface area contributed by atoms with Crippen molar-refractivity contribution in [2.45, 2.75) is 12.8 Å². The Morgan fingerprint density at radius 1 is 1.64 bits per heavy atom. The number of rotatable bonds is 4. The highest BCUT2D eigenvalue weighted by atomic mass is 35.5. The minimum Gasteiger partial charge on any atom is -0.303 e. The third-order valence-corrected chi connectivity index (χ3v) is 1.82. The van der Waals surface area contributed by atoms with E-state index in [2.05, 4.69) is 4.98 Å². The number of aldehydes is 1. The number of ketones is 1. The second kappa shape index (κ2) is 4.81. The summed E-state index contributed by atoms with van der Waals surface area (Å²) in [5, 5.41) is 0.0563. The molecule has 0 bridgehead atoms. The van der Waals surface area contributed by atoms with Crippen LogP contribution in [0, 0.1) is 5.82 Å². The number of nitrogens with zero attached hydrogens (tertiary/aromatic N) is 1. The van der Waals surface area contributed by atoms with E-state index in [1.165, 1.54) is 0 Å². The zero-order valence-corrected chi connectivity index (χ0v) is 7.92. The van der Waals surface area contributed by atoms with Gasteiger partial charge in [0.15, 0.2) is 11.6 Å². The Kier molecular flexibility index (Phi) is 3.71. The van der Waals surface area contributed by atoms with Crippen LogP contribution in [0.5, 0.6) is 0 Å². The highest BCUT2D eigenvalue weighted by Gasteiger charge is 2.12. The molecule has 14 heavy (non-hydrogen) atoms. The fourth-order valence-electron chi connectivity index (χ4n) is 0.952. The average molecular weight is 216 g/mol. The number of halogens is 2. The van der Waals surface area contributed by atoms with Crippen LogP contribution in [0.2, 0.25) is 5.15 Å². The summed E-state index contributed by atoms with van der Waals surface area (Å²) in [6, 6.07) is 1.16. The van der Waals surface area contributed by atoms with Crippen molar-refractivity contribution in [3.05, 3.63) is 28.8 Å². The van der Waals surface area contributed by atoms with Crippen LogP contribution < -0.4 is 0 Å². The minimum atomic E-state index is -0.717. The first-order chi connectivity index (χ1) is 6.65. The maximum absolute atomic E-state index is 13.0. The predicted molar refractivity (Wildman–Crippen MR) is 48.8 cm³/mol. The van der Waals surface area contributed by atoms with Crippen LogP contribution in [0.4, 0.5) is 4.39 Å². The lowest BCUT2D eigenvalue weighted by Crippen LogP contribution is -2.03. The van der Waals surface area contributed by atoms with Gasteiger partial charge >= 0.3 is 0 Å². The Hall–Kier alpha value is -1.29. The van der Waals surface area contributed by atoms with Crippen molar-refractivity contribution in [3.8, 4) is 0 Å². The van der Waals surface area contributed by atoms with Crippen LogP contribution >= 0.6 is 11.6 Å². The zero-order valence-electron chi connectivity index (χ0n) is 7.17. The average Bonchev–Trinajstić information content (AvgIpc) is 2.18. The molecule has 0 aliphatic carbocycles. The van der Waals surface area contributed by atoms with Gasteiger partial charge in [-0.3, -0.25) is 4.79 Å². The summed E-state index contributed by atoms with van der Waals surface area (Å²) < 4.78 is 13.0. The van der Waals surface area contributed by atoms with Crippen molar-refractivity contribution < 1.29 is 14.0 Å². The fraction of sp³-hybridized carbons (Fsp3) is 0.222. The van der Waals surface area contributed by atoms with Crippen LogP contribution in [-0.4, -0.2) is 17.1 Å². The largest absolute Gasteiger partial charge is 0.303 e. The smallest absolute Gasteiger partial charge is 0.166 e. The third kappa shape index (κ3) is 2.60. The summed E-state index contributed by atoms with van der Waals surface area (Å²) in [5.41, 5.74) is -0.119. The summed E-state index contributed by atoms with van der Waals surface area (Å²) >= 11 is 5.50. The standard InChI is InChI=1S/C9H7ClFNO2/c10-9-4-6(7(11)5-12-9)8(14)2-1-3-13/h3-5H,1-2H2. The van der Waals surface area contributed by atoms with Crippen LogP contribution in [-0.2, 0) is 4.79 Å². The lowest BCUT2D eigenvalue weighted by Gasteiger charge is -2.00. The molecule has 0 radical (unpaired) electrons. The number of carbonyl (C=O) groups excluding carboxylic acids is 2. The minimum absolute atomic E-state index is 0.0131. The van der Waals surface area contributed by atoms with Gasteiger partial charge in [-0.15, -0.1) is 0 Å². The van der Waals surface area contributed by atoms with Gasteiger partial charge in [0.05, 0.1) is 11.8 Å². The number of hydrogen-bond acceptors (Lipinski definition) is 3. The zero-order chi connectivity index (χ0) is 10.6. The van der Waals surface area contributed by atoms with E-state index >= 15 is 0 Å². The number of aromatic nitrogens is 1. The second-order valence-corrected chi connectivity index (χ2v) is 3.00. The van der Waals surface area contributed by atoms with Crippen molar-refractivity contribution in [1.82, 2.24) is 4.98 Å². The summed E-state index contributed by atoms with van der Waals surface area (Å²) in [4.78, 5) is 24.8. The molecule has 0 aromatic carbocycles. The molecular formula is C9H7ClFNO2. The Balaban J connectivity index is 2.88. The van der Waals surface area contributed by atoms with E-state index in [1.54, 1.807) is 0 Å². The van der Waals surface area contributed by atoms with Crippen molar-refractivity contribution in [2.24, 2.45) is 0 Å². The Morgan fingerprint density at radius 2 is 2.36 bits per heavy atom. The SMILES string of the molecule is O=CCCC(=O)c1cc(Cl)ncc1F. The van der Waals surface area contributed by atoms with Crippen LogP contribution in [0.25, 0.3) is 0 Å². The molecule has 1 aromatic rings. The number of hydrogen-bond donors (Lipinski definition) is 0. The van der Waals surface area contributed by atoms with E-state index in [1.807, 2.05) is 0 Å². The van der Waals surface area contributed by atoms with E-state index in [9.17, 15) is 14.0 Å². The molecule has 0 N–H and O–H groups in total. The van der Waals surface area contributed by atoms with Gasteiger partial charge in [-0.2, -0.15) is 0 Å². The Labute approximate surface area is 84.9 Å². The van der Waals surface area contributed by atoms with E-state index in [4.69, 9.17) is 11.6 Å². The Morgan fingerprint density at radius 3 is 3.00 bits per heavy atom. The van der Waals surface area contributed by atoms with Crippen molar-refractivity contribution in [1.29, 1.82) is 0 Å². The molecule has 1 rings (SSSR count). The van der Waals surface area contributed by atoms with Gasteiger partial charge < -0.3 is 4.79 Å². The van der Waals surface area contributed by atoms with E-state index in [0.717, 1.165) is 12.3 Å². The van der Waals surface area contributed by atoms with Gasteiger partial charge in [0.1, 0.15) is 11.4 Å². The molecule has 1 heterocycles. The molecule has 0 saturated heterocycles. The highest BCUT2D eigenvalue weighted by molar-refractivity contribution is 6.29. The molecule has 5 heteroatoms. The lowest BCUT2D eigenvalue weighted by atomic mass is 10.1. The van der Waals surface area contributed by atoms with E-state index in [-0.39, 0.29) is 23.6 Å². The molecular weight excluding hydrogens is 209 g/mol. The van der Waals surface area contributed by atoms with E-state index in [0.29, 0.717) is 6.29 Å². The maximum atomic E-state index is 13.0. The van der Waals surface area contributed by atoms with Gasteiger partial charge in [-0.05, 0) is 6.07 Å². The quantitative estimate of drug-likeness (QED) is 0.439. The Bertz CT molecular complexity index is 368. The molecule has 0 saturated carbocycles. The van der Waals surface area contributed by atoms with Crippen LogP contribution in [0.3, 0.4) is 0 Å². The molecule has 0 amide bonds. The lowest BCUT2D eigenvalue weighted by molar-refractivity contribution is -0.107.